The van der Waals surface area contributed by atoms with E-state index >= 15 is 0 Å². The molecule has 0 atom stereocenters. The quantitative estimate of drug-likeness (QED) is 0.677. The van der Waals surface area contributed by atoms with Gasteiger partial charge in [-0.15, -0.1) is 11.3 Å². The summed E-state index contributed by atoms with van der Waals surface area (Å²) in [6.07, 6.45) is 1.88. The Labute approximate surface area is 139 Å². The first-order valence-corrected chi connectivity index (χ1v) is 7.96. The second-order valence-corrected chi connectivity index (χ2v) is 6.98. The van der Waals surface area contributed by atoms with Crippen LogP contribution in [0.3, 0.4) is 0 Å². The fourth-order valence-electron chi connectivity index (χ4n) is 1.51. The van der Waals surface area contributed by atoms with Crippen LogP contribution in [0.4, 0.5) is 19.9 Å². The first kappa shape index (κ1) is 16.1. The van der Waals surface area contributed by atoms with Crippen molar-refractivity contribution >= 4 is 50.7 Å². The minimum Gasteiger partial charge on any atom is -0.443 e. The van der Waals surface area contributed by atoms with Crippen molar-refractivity contribution in [2.75, 3.05) is 4.90 Å². The van der Waals surface area contributed by atoms with Crippen LogP contribution in [-0.2, 0) is 4.74 Å². The zero-order valence-electron chi connectivity index (χ0n) is 11.6. The van der Waals surface area contributed by atoms with Gasteiger partial charge in [0.15, 0.2) is 0 Å². The summed E-state index contributed by atoms with van der Waals surface area (Å²) in [5, 5.41) is 0.567. The molecular weight excluding hydrogens is 408 g/mol. The minimum absolute atomic E-state index is 0.298. The van der Waals surface area contributed by atoms with E-state index in [2.05, 4.69) is 9.97 Å². The fourth-order valence-corrected chi connectivity index (χ4v) is 3.15. The molecular formula is C13H13FIN3O2S. The number of halogens is 2. The normalized spacial score (nSPS) is 11.3. The van der Waals surface area contributed by atoms with Crippen molar-refractivity contribution in [2.45, 2.75) is 26.4 Å². The number of aromatic nitrogens is 2. The Morgan fingerprint density at radius 3 is 2.67 bits per heavy atom. The summed E-state index contributed by atoms with van der Waals surface area (Å²) >= 11 is 3.28. The molecule has 2 aromatic rings. The number of nitrogens with zero attached hydrogens (tertiary/aromatic N) is 3. The summed E-state index contributed by atoms with van der Waals surface area (Å²) in [4.78, 5) is 21.6. The van der Waals surface area contributed by atoms with Gasteiger partial charge in [-0.3, -0.25) is 4.98 Å². The standard InChI is InChI=1S/C13H13FIN3O2S/c1-13(2,3)20-12(19)18(11-10(15)17-7-21-11)9-4-8(14)5-16-6-9/h4-7H,1-3H3. The topological polar surface area (TPSA) is 55.3 Å². The zero-order chi connectivity index (χ0) is 15.6. The molecule has 0 N–H and O–H groups in total. The van der Waals surface area contributed by atoms with Gasteiger partial charge in [0, 0.05) is 6.07 Å². The first-order chi connectivity index (χ1) is 9.78. The third-order valence-electron chi connectivity index (χ3n) is 2.23. The second-order valence-electron chi connectivity index (χ2n) is 5.13. The molecule has 0 spiro atoms. The van der Waals surface area contributed by atoms with Crippen molar-refractivity contribution < 1.29 is 13.9 Å². The summed E-state index contributed by atoms with van der Waals surface area (Å²) in [6.45, 7) is 5.31. The highest BCUT2D eigenvalue weighted by Crippen LogP contribution is 2.34. The zero-order valence-corrected chi connectivity index (χ0v) is 14.6. The molecule has 0 unspecified atom stereocenters. The van der Waals surface area contributed by atoms with Gasteiger partial charge in [-0.25, -0.2) is 19.1 Å². The number of hydrogen-bond donors (Lipinski definition) is 0. The van der Waals surface area contributed by atoms with Crippen molar-refractivity contribution in [1.29, 1.82) is 0 Å². The number of hydrogen-bond acceptors (Lipinski definition) is 5. The van der Waals surface area contributed by atoms with Gasteiger partial charge < -0.3 is 4.74 Å². The Hall–Kier alpha value is -1.29. The number of ether oxygens (including phenoxy) is 1. The highest BCUT2D eigenvalue weighted by molar-refractivity contribution is 14.1. The van der Waals surface area contributed by atoms with Crippen molar-refractivity contribution in [3.05, 3.63) is 33.5 Å². The molecule has 0 saturated carbocycles. The van der Waals surface area contributed by atoms with Gasteiger partial charge in [-0.1, -0.05) is 0 Å². The number of pyridine rings is 1. The lowest BCUT2D eigenvalue weighted by atomic mass is 10.2. The molecule has 0 aromatic carbocycles. The average molecular weight is 421 g/mol. The minimum atomic E-state index is -0.661. The van der Waals surface area contributed by atoms with E-state index in [1.54, 1.807) is 26.3 Å². The molecule has 0 bridgehead atoms. The maximum absolute atomic E-state index is 13.4. The summed E-state index contributed by atoms with van der Waals surface area (Å²) in [5.74, 6) is -0.527. The summed E-state index contributed by atoms with van der Waals surface area (Å²) in [5.41, 5.74) is 1.25. The molecule has 2 aromatic heterocycles. The van der Waals surface area contributed by atoms with Crippen LogP contribution in [-0.4, -0.2) is 21.7 Å². The molecule has 112 valence electrons. The van der Waals surface area contributed by atoms with E-state index in [-0.39, 0.29) is 0 Å². The highest BCUT2D eigenvalue weighted by atomic mass is 127. The van der Waals surface area contributed by atoms with Crippen LogP contribution in [0, 0.1) is 9.52 Å². The van der Waals surface area contributed by atoms with Crippen LogP contribution in [0.15, 0.2) is 24.0 Å². The van der Waals surface area contributed by atoms with E-state index in [1.165, 1.54) is 28.5 Å². The lowest BCUT2D eigenvalue weighted by Gasteiger charge is -2.26. The van der Waals surface area contributed by atoms with E-state index in [4.69, 9.17) is 4.74 Å². The van der Waals surface area contributed by atoms with Gasteiger partial charge in [0.2, 0.25) is 0 Å². The number of amides is 1. The van der Waals surface area contributed by atoms with Gasteiger partial charge in [-0.2, -0.15) is 0 Å². The van der Waals surface area contributed by atoms with Gasteiger partial charge in [0.05, 0.1) is 23.6 Å². The predicted molar refractivity (Wildman–Crippen MR) is 87.4 cm³/mol. The Morgan fingerprint density at radius 1 is 1.43 bits per heavy atom. The smallest absolute Gasteiger partial charge is 0.420 e. The van der Waals surface area contributed by atoms with Crippen LogP contribution >= 0.6 is 33.9 Å². The monoisotopic (exact) mass is 421 g/mol. The number of anilines is 2. The summed E-state index contributed by atoms with van der Waals surface area (Å²) < 4.78 is 19.4. The lowest BCUT2D eigenvalue weighted by Crippen LogP contribution is -2.34. The third-order valence-corrected chi connectivity index (χ3v) is 4.20. The predicted octanol–water partition coefficient (Wildman–Crippen LogP) is 4.36. The molecule has 0 saturated heterocycles. The molecule has 2 heterocycles. The third kappa shape index (κ3) is 4.10. The van der Waals surface area contributed by atoms with Gasteiger partial charge in [0.1, 0.15) is 20.1 Å². The van der Waals surface area contributed by atoms with Crippen LogP contribution in [0.5, 0.6) is 0 Å². The largest absolute Gasteiger partial charge is 0.443 e. The molecule has 0 fully saturated rings. The molecule has 21 heavy (non-hydrogen) atoms. The number of carbonyl (C=O) groups is 1. The van der Waals surface area contributed by atoms with Crippen molar-refractivity contribution in [1.82, 2.24) is 9.97 Å². The van der Waals surface area contributed by atoms with E-state index < -0.39 is 17.5 Å². The maximum atomic E-state index is 13.4. The van der Waals surface area contributed by atoms with E-state index in [1.807, 2.05) is 22.6 Å². The number of carbonyl (C=O) groups excluding carboxylic acids is 1. The molecule has 0 aliphatic rings. The molecule has 2 rings (SSSR count). The SMILES string of the molecule is CC(C)(C)OC(=O)N(c1cncc(F)c1)c1scnc1I. The Balaban J connectivity index is 2.45. The van der Waals surface area contributed by atoms with Crippen LogP contribution in [0.25, 0.3) is 0 Å². The molecule has 1 amide bonds. The fraction of sp³-hybridized carbons (Fsp3) is 0.308. The Morgan fingerprint density at radius 2 is 2.14 bits per heavy atom. The first-order valence-electron chi connectivity index (χ1n) is 6.00. The number of rotatable bonds is 2. The van der Waals surface area contributed by atoms with Crippen molar-refractivity contribution in [2.24, 2.45) is 0 Å². The average Bonchev–Trinajstić information content (AvgIpc) is 2.74. The molecule has 0 aliphatic carbocycles. The number of thiazole rings is 1. The molecule has 0 aliphatic heterocycles. The lowest BCUT2D eigenvalue weighted by molar-refractivity contribution is 0.0599. The molecule has 0 radical (unpaired) electrons. The molecule has 5 nitrogen and oxygen atoms in total. The van der Waals surface area contributed by atoms with Crippen molar-refractivity contribution in [3.8, 4) is 0 Å². The van der Waals surface area contributed by atoms with Gasteiger partial charge in [0.25, 0.3) is 0 Å². The van der Waals surface area contributed by atoms with E-state index in [0.717, 1.165) is 6.20 Å². The Bertz CT molecular complexity index is 657. The van der Waals surface area contributed by atoms with E-state index in [9.17, 15) is 9.18 Å². The highest BCUT2D eigenvalue weighted by Gasteiger charge is 2.28. The van der Waals surface area contributed by atoms with Crippen LogP contribution < -0.4 is 4.90 Å². The summed E-state index contributed by atoms with van der Waals surface area (Å²) in [7, 11) is 0. The van der Waals surface area contributed by atoms with Gasteiger partial charge in [-0.05, 0) is 43.4 Å². The van der Waals surface area contributed by atoms with E-state index in [0.29, 0.717) is 14.4 Å². The Kier molecular flexibility index (Phi) is 4.77. The maximum Gasteiger partial charge on any atom is 0.420 e. The van der Waals surface area contributed by atoms with Crippen LogP contribution in [0.2, 0.25) is 0 Å². The van der Waals surface area contributed by atoms with Gasteiger partial charge >= 0.3 is 6.09 Å². The molecule has 8 heteroatoms. The van der Waals surface area contributed by atoms with Crippen molar-refractivity contribution in [3.63, 3.8) is 0 Å². The van der Waals surface area contributed by atoms with Crippen LogP contribution in [0.1, 0.15) is 20.8 Å². The summed E-state index contributed by atoms with van der Waals surface area (Å²) in [6, 6.07) is 1.23. The second kappa shape index (κ2) is 6.22.